The van der Waals surface area contributed by atoms with Gasteiger partial charge in [-0.1, -0.05) is 66.2 Å². The third kappa shape index (κ3) is 5.54. The summed E-state index contributed by atoms with van der Waals surface area (Å²) in [5, 5.41) is 29.6. The predicted octanol–water partition coefficient (Wildman–Crippen LogP) is 5.09. The molecule has 0 radical (unpaired) electrons. The lowest BCUT2D eigenvalue weighted by molar-refractivity contribution is -0.139. The molecule has 2 atom stereocenters. The second kappa shape index (κ2) is 12.4. The van der Waals surface area contributed by atoms with Crippen LogP contribution in [0.25, 0.3) is 0 Å². The van der Waals surface area contributed by atoms with Gasteiger partial charge in [0.05, 0.1) is 23.6 Å². The molecule has 2 amide bonds. The summed E-state index contributed by atoms with van der Waals surface area (Å²) in [4.78, 5) is 30.4. The van der Waals surface area contributed by atoms with E-state index in [0.29, 0.717) is 48.5 Å². The van der Waals surface area contributed by atoms with Crippen LogP contribution < -0.4 is 9.80 Å². The lowest BCUT2D eigenvalue weighted by atomic mass is 9.83. The fourth-order valence-electron chi connectivity index (χ4n) is 6.09. The number of carbonyl (C=O) groups excluding carboxylic acids is 2. The van der Waals surface area contributed by atoms with E-state index in [-0.39, 0.29) is 19.1 Å². The molecule has 0 saturated heterocycles. The number of amides is 2. The molecule has 0 saturated carbocycles. The van der Waals surface area contributed by atoms with E-state index in [0.717, 1.165) is 28.2 Å². The van der Waals surface area contributed by atoms with Gasteiger partial charge in [-0.3, -0.25) is 19.2 Å². The molecule has 3 heterocycles. The van der Waals surface area contributed by atoms with Crippen molar-refractivity contribution in [2.45, 2.75) is 51.3 Å². The van der Waals surface area contributed by atoms with Crippen LogP contribution in [0.2, 0.25) is 5.02 Å². The summed E-state index contributed by atoms with van der Waals surface area (Å²) in [7, 11) is 0. The minimum atomic E-state index is -1.81. The molecule has 0 bridgehead atoms. The van der Waals surface area contributed by atoms with E-state index in [4.69, 9.17) is 16.7 Å². The number of aliphatic hydroxyl groups excluding tert-OH is 1. The zero-order valence-electron chi connectivity index (χ0n) is 24.4. The first-order valence-electron chi connectivity index (χ1n) is 14.8. The third-order valence-electron chi connectivity index (χ3n) is 8.39. The molecule has 2 aliphatic rings. The first-order valence-corrected chi connectivity index (χ1v) is 15.2. The average molecular weight is 612 g/mol. The number of aromatic nitrogens is 3. The van der Waals surface area contributed by atoms with Crippen LogP contribution in [0, 0.1) is 5.92 Å². The largest absolute Gasteiger partial charge is 0.396 e. The fraction of sp³-hybridized carbons (Fsp3) is 0.294. The molecule has 2 aliphatic heterocycles. The smallest absolute Gasteiger partial charge is 0.264 e. The number of hydrogen-bond acceptors (Lipinski definition) is 6. The van der Waals surface area contributed by atoms with Gasteiger partial charge in [0.15, 0.2) is 5.60 Å². The van der Waals surface area contributed by atoms with Crippen LogP contribution in [-0.2, 0) is 41.1 Å². The molecule has 0 fully saturated rings. The minimum absolute atomic E-state index is 0.0172. The van der Waals surface area contributed by atoms with Crippen LogP contribution in [0.5, 0.6) is 0 Å². The number of halogens is 1. The Morgan fingerprint density at radius 3 is 2.73 bits per heavy atom. The van der Waals surface area contributed by atoms with Gasteiger partial charge in [-0.25, -0.2) is 0 Å². The van der Waals surface area contributed by atoms with E-state index in [2.05, 4.69) is 10.3 Å². The van der Waals surface area contributed by atoms with E-state index in [1.807, 2.05) is 67.6 Å². The van der Waals surface area contributed by atoms with E-state index >= 15 is 0 Å². The van der Waals surface area contributed by atoms with Crippen LogP contribution in [-0.4, -0.2) is 43.6 Å². The monoisotopic (exact) mass is 611 g/mol. The van der Waals surface area contributed by atoms with Crippen LogP contribution in [0.1, 0.15) is 42.1 Å². The zero-order valence-corrected chi connectivity index (χ0v) is 25.2. The highest BCUT2D eigenvalue weighted by Gasteiger charge is 2.52. The van der Waals surface area contributed by atoms with E-state index in [1.54, 1.807) is 38.9 Å². The Morgan fingerprint density at radius 2 is 1.89 bits per heavy atom. The number of aryl methyl sites for hydroxylation is 2. The predicted molar refractivity (Wildman–Crippen MR) is 169 cm³/mol. The van der Waals surface area contributed by atoms with Crippen LogP contribution in [0.3, 0.4) is 0 Å². The van der Waals surface area contributed by atoms with E-state index in [1.165, 1.54) is 0 Å². The highest BCUT2D eigenvalue weighted by Crippen LogP contribution is 2.47. The number of fused-ring (bicyclic) bond motifs is 2. The molecule has 226 valence electrons. The number of nitrogens with zero attached hydrogens (tertiary/aromatic N) is 5. The zero-order chi connectivity index (χ0) is 30.8. The Bertz CT molecular complexity index is 1740. The Hall–Kier alpha value is -4.31. The molecule has 6 rings (SSSR count). The van der Waals surface area contributed by atoms with E-state index < -0.39 is 17.4 Å². The van der Waals surface area contributed by atoms with Crippen LogP contribution in [0.15, 0.2) is 85.1 Å². The lowest BCUT2D eigenvalue weighted by Crippen LogP contribution is -2.44. The summed E-state index contributed by atoms with van der Waals surface area (Å²) in [6, 6.07) is 20.7. The third-order valence-corrected chi connectivity index (χ3v) is 8.63. The molecular weight excluding hydrogens is 578 g/mol. The fourth-order valence-corrected chi connectivity index (χ4v) is 6.26. The van der Waals surface area contributed by atoms with Gasteiger partial charge in [-0.05, 0) is 60.4 Å². The number of benzene rings is 3. The molecule has 44 heavy (non-hydrogen) atoms. The maximum atomic E-state index is 14.1. The summed E-state index contributed by atoms with van der Waals surface area (Å²) >= 11 is 6.36. The average Bonchev–Trinajstić information content (AvgIpc) is 3.56. The van der Waals surface area contributed by atoms with Gasteiger partial charge in [0.2, 0.25) is 5.91 Å². The molecule has 9 nitrogen and oxygen atoms in total. The van der Waals surface area contributed by atoms with Crippen LogP contribution >= 0.6 is 11.6 Å². The van der Waals surface area contributed by atoms with Gasteiger partial charge >= 0.3 is 0 Å². The van der Waals surface area contributed by atoms with Crippen molar-refractivity contribution in [1.82, 2.24) is 15.0 Å². The number of anilines is 3. The summed E-state index contributed by atoms with van der Waals surface area (Å²) in [5.41, 5.74) is 3.55. The Balaban J connectivity index is 1.23. The lowest BCUT2D eigenvalue weighted by Gasteiger charge is -2.30. The van der Waals surface area contributed by atoms with Crippen molar-refractivity contribution in [2.24, 2.45) is 5.92 Å². The van der Waals surface area contributed by atoms with Crippen molar-refractivity contribution in [2.75, 3.05) is 16.4 Å². The molecule has 0 unspecified atom stereocenters. The maximum absolute atomic E-state index is 14.1. The molecule has 4 aromatic rings. The first kappa shape index (κ1) is 29.7. The van der Waals surface area contributed by atoms with Gasteiger partial charge in [0.25, 0.3) is 5.91 Å². The second-order valence-corrected chi connectivity index (χ2v) is 11.7. The number of allylic oxidation sites excluding steroid dienone is 1. The van der Waals surface area contributed by atoms with Gasteiger partial charge in [0.1, 0.15) is 0 Å². The normalized spacial score (nSPS) is 18.6. The Morgan fingerprint density at radius 1 is 1.05 bits per heavy atom. The number of hydrogen-bond donors (Lipinski definition) is 2. The minimum Gasteiger partial charge on any atom is -0.396 e. The topological polar surface area (TPSA) is 112 Å². The Kier molecular flexibility index (Phi) is 8.35. The molecule has 2 N–H and O–H groups in total. The summed E-state index contributed by atoms with van der Waals surface area (Å²) < 4.78 is 1.70. The van der Waals surface area contributed by atoms with Gasteiger partial charge in [0, 0.05) is 54.4 Å². The summed E-state index contributed by atoms with van der Waals surface area (Å²) in [6.45, 7) is 2.62. The standard InChI is InChI=1S/C34H34ClN5O4/c1-23(7-4-5-17-38-22-27(16-18-41)36-37-38)34(44)29-20-26(35)13-14-31(29)39(33(34)43)21-24-8-6-10-28(19-24)40-30-11-3-2-9-25(30)12-15-32(40)42/h2-4,6-11,13-14,19-20,22-23,41,44H,5,12,15-18,21H2,1H3/b7-4+/t23-,34+/m0/s1. The first-order chi connectivity index (χ1) is 21.3. The molecule has 3 aromatic carbocycles. The molecule has 0 aliphatic carbocycles. The Labute approximate surface area is 261 Å². The molecule has 10 heteroatoms. The van der Waals surface area contributed by atoms with Gasteiger partial charge in [-0.15, -0.1) is 5.10 Å². The van der Waals surface area contributed by atoms with E-state index in [9.17, 15) is 14.7 Å². The molecular formula is C34H34ClN5O4. The van der Waals surface area contributed by atoms with Gasteiger partial charge < -0.3 is 15.1 Å². The molecule has 1 aromatic heterocycles. The second-order valence-electron chi connectivity index (χ2n) is 11.3. The van der Waals surface area contributed by atoms with Crippen molar-refractivity contribution in [3.05, 3.63) is 112 Å². The van der Waals surface area contributed by atoms with Crippen molar-refractivity contribution >= 4 is 40.5 Å². The number of para-hydroxylation sites is 1. The van der Waals surface area contributed by atoms with Gasteiger partial charge in [-0.2, -0.15) is 0 Å². The van der Waals surface area contributed by atoms with Crippen molar-refractivity contribution in [1.29, 1.82) is 0 Å². The number of aliphatic hydroxyl groups is 2. The quantitative estimate of drug-likeness (QED) is 0.242. The van der Waals surface area contributed by atoms with Crippen LogP contribution in [0.4, 0.5) is 17.1 Å². The summed E-state index contributed by atoms with van der Waals surface area (Å²) in [5.74, 6) is -0.948. The van der Waals surface area contributed by atoms with Crippen molar-refractivity contribution < 1.29 is 19.8 Å². The van der Waals surface area contributed by atoms with Crippen molar-refractivity contribution in [3.8, 4) is 0 Å². The number of rotatable bonds is 10. The maximum Gasteiger partial charge on any atom is 0.264 e. The SMILES string of the molecule is C[C@@H](/C=C/CCn1cc(CCO)nn1)[C@]1(O)C(=O)N(Cc2cccc(N3C(=O)CCc4ccccc43)c2)c2ccc(Cl)cc21. The highest BCUT2D eigenvalue weighted by atomic mass is 35.5. The summed E-state index contributed by atoms with van der Waals surface area (Å²) in [6.07, 6.45) is 7.78. The number of carbonyl (C=O) groups is 2. The highest BCUT2D eigenvalue weighted by molar-refractivity contribution is 6.31. The molecule has 0 spiro atoms. The van der Waals surface area contributed by atoms with Crippen molar-refractivity contribution in [3.63, 3.8) is 0 Å².